The number of hydrogen-bond donors (Lipinski definition) is 1. The standard InChI is InChI=1S/C21H32N4O5S/c1-4-5-11-23(2)13-10-22-20(26)16-7-6-12-25(15-16)31(28,29)17-8-9-18-19(14-17)30-21(27)24(18)3/h8-9,14,16H,4-7,10-13,15H2,1-3H3,(H,22,26)/t16-/m1/s1. The molecule has 1 aromatic carbocycles. The quantitative estimate of drug-likeness (QED) is 0.616. The summed E-state index contributed by atoms with van der Waals surface area (Å²) in [6.07, 6.45) is 3.54. The smallest absolute Gasteiger partial charge is 0.408 e. The topological polar surface area (TPSA) is 105 Å². The third-order valence-electron chi connectivity index (χ3n) is 5.84. The Labute approximate surface area is 183 Å². The van der Waals surface area contributed by atoms with Crippen LogP contribution in [0.1, 0.15) is 32.6 Å². The zero-order valence-corrected chi connectivity index (χ0v) is 19.3. The molecule has 10 heteroatoms. The fourth-order valence-electron chi connectivity index (χ4n) is 3.85. The lowest BCUT2D eigenvalue weighted by Crippen LogP contribution is -2.46. The molecule has 3 rings (SSSR count). The monoisotopic (exact) mass is 452 g/mol. The minimum absolute atomic E-state index is 0.0629. The van der Waals surface area contributed by atoms with Crippen molar-refractivity contribution in [1.29, 1.82) is 0 Å². The van der Waals surface area contributed by atoms with Crippen LogP contribution in [0.5, 0.6) is 0 Å². The maximum atomic E-state index is 13.2. The molecule has 1 aromatic heterocycles. The number of carbonyl (C=O) groups excluding carboxylic acids is 1. The molecular formula is C21H32N4O5S. The molecule has 31 heavy (non-hydrogen) atoms. The Hall–Kier alpha value is -2.17. The van der Waals surface area contributed by atoms with Gasteiger partial charge in [0.15, 0.2) is 5.58 Å². The van der Waals surface area contributed by atoms with Gasteiger partial charge in [0.2, 0.25) is 15.9 Å². The van der Waals surface area contributed by atoms with E-state index in [2.05, 4.69) is 17.1 Å². The molecule has 1 N–H and O–H groups in total. The van der Waals surface area contributed by atoms with E-state index < -0.39 is 15.8 Å². The van der Waals surface area contributed by atoms with Gasteiger partial charge in [0, 0.05) is 39.3 Å². The third kappa shape index (κ3) is 5.36. The van der Waals surface area contributed by atoms with Gasteiger partial charge in [-0.05, 0) is 45.0 Å². The van der Waals surface area contributed by atoms with Crippen molar-refractivity contribution in [2.45, 2.75) is 37.5 Å². The van der Waals surface area contributed by atoms with Gasteiger partial charge in [-0.25, -0.2) is 13.2 Å². The van der Waals surface area contributed by atoms with Gasteiger partial charge in [-0.3, -0.25) is 9.36 Å². The summed E-state index contributed by atoms with van der Waals surface area (Å²) in [5, 5.41) is 2.95. The summed E-state index contributed by atoms with van der Waals surface area (Å²) in [4.78, 5) is 26.5. The van der Waals surface area contributed by atoms with Crippen LogP contribution in [0.25, 0.3) is 11.1 Å². The van der Waals surface area contributed by atoms with Crippen molar-refractivity contribution in [3.8, 4) is 0 Å². The molecule has 0 saturated carbocycles. The Morgan fingerprint density at radius 1 is 1.32 bits per heavy atom. The first-order valence-electron chi connectivity index (χ1n) is 10.8. The molecular weight excluding hydrogens is 420 g/mol. The number of amides is 1. The number of sulfonamides is 1. The highest BCUT2D eigenvalue weighted by Crippen LogP contribution is 2.26. The van der Waals surface area contributed by atoms with Crippen molar-refractivity contribution in [3.05, 3.63) is 28.7 Å². The molecule has 0 spiro atoms. The zero-order chi connectivity index (χ0) is 22.6. The normalized spacial score (nSPS) is 18.0. The molecule has 2 heterocycles. The Morgan fingerprint density at radius 3 is 2.84 bits per heavy atom. The van der Waals surface area contributed by atoms with Gasteiger partial charge in [0.1, 0.15) is 0 Å². The van der Waals surface area contributed by atoms with Gasteiger partial charge in [-0.2, -0.15) is 4.31 Å². The zero-order valence-electron chi connectivity index (χ0n) is 18.5. The van der Waals surface area contributed by atoms with E-state index in [1.165, 1.54) is 21.0 Å². The van der Waals surface area contributed by atoms with Crippen molar-refractivity contribution >= 4 is 27.0 Å². The van der Waals surface area contributed by atoms with Crippen LogP contribution in [-0.4, -0.2) is 67.9 Å². The maximum absolute atomic E-state index is 13.2. The van der Waals surface area contributed by atoms with Gasteiger partial charge in [-0.15, -0.1) is 0 Å². The van der Waals surface area contributed by atoms with Crippen LogP contribution in [0, 0.1) is 5.92 Å². The van der Waals surface area contributed by atoms with Gasteiger partial charge in [-0.1, -0.05) is 13.3 Å². The number of likely N-dealkylation sites (N-methyl/N-ethyl adjacent to an activating group) is 1. The predicted molar refractivity (Wildman–Crippen MR) is 118 cm³/mol. The molecule has 172 valence electrons. The summed E-state index contributed by atoms with van der Waals surface area (Å²) in [6, 6.07) is 4.42. The molecule has 0 aliphatic carbocycles. The first-order valence-corrected chi connectivity index (χ1v) is 12.2. The van der Waals surface area contributed by atoms with E-state index in [9.17, 15) is 18.0 Å². The summed E-state index contributed by atoms with van der Waals surface area (Å²) in [5.41, 5.74) is 0.760. The molecule has 1 aliphatic heterocycles. The van der Waals surface area contributed by atoms with Crippen molar-refractivity contribution in [3.63, 3.8) is 0 Å². The highest BCUT2D eigenvalue weighted by molar-refractivity contribution is 7.89. The number of benzene rings is 1. The van der Waals surface area contributed by atoms with Crippen LogP contribution < -0.4 is 11.1 Å². The second-order valence-electron chi connectivity index (χ2n) is 8.21. The lowest BCUT2D eigenvalue weighted by Gasteiger charge is -2.31. The summed E-state index contributed by atoms with van der Waals surface area (Å²) in [6.45, 7) is 4.97. The van der Waals surface area contributed by atoms with E-state index in [-0.39, 0.29) is 28.8 Å². The minimum atomic E-state index is -3.79. The summed E-state index contributed by atoms with van der Waals surface area (Å²) in [5.74, 6) is -1.02. The molecule has 1 saturated heterocycles. The molecule has 1 aliphatic rings. The minimum Gasteiger partial charge on any atom is -0.408 e. The summed E-state index contributed by atoms with van der Waals surface area (Å²) < 4.78 is 34.1. The van der Waals surface area contributed by atoms with E-state index in [1.54, 1.807) is 13.1 Å². The Morgan fingerprint density at radius 2 is 2.10 bits per heavy atom. The van der Waals surface area contributed by atoms with E-state index in [0.29, 0.717) is 31.4 Å². The van der Waals surface area contributed by atoms with Crippen molar-refractivity contribution in [1.82, 2.24) is 19.1 Å². The second kappa shape index (κ2) is 9.97. The van der Waals surface area contributed by atoms with Crippen LogP contribution in [0.4, 0.5) is 0 Å². The van der Waals surface area contributed by atoms with Crippen molar-refractivity contribution < 1.29 is 17.6 Å². The van der Waals surface area contributed by atoms with Crippen molar-refractivity contribution in [2.24, 2.45) is 13.0 Å². The van der Waals surface area contributed by atoms with Crippen LogP contribution >= 0.6 is 0 Å². The molecule has 1 atom stereocenters. The molecule has 2 aromatic rings. The average Bonchev–Trinajstić information content (AvgIpc) is 3.05. The number of piperidine rings is 1. The second-order valence-corrected chi connectivity index (χ2v) is 10.1. The van der Waals surface area contributed by atoms with Crippen LogP contribution in [0.3, 0.4) is 0 Å². The third-order valence-corrected chi connectivity index (χ3v) is 7.70. The number of nitrogens with zero attached hydrogens (tertiary/aromatic N) is 3. The number of fused-ring (bicyclic) bond motifs is 1. The first-order chi connectivity index (χ1) is 14.7. The fraction of sp³-hybridized carbons (Fsp3) is 0.619. The fourth-order valence-corrected chi connectivity index (χ4v) is 5.39. The van der Waals surface area contributed by atoms with Crippen LogP contribution in [0.15, 0.2) is 32.3 Å². The molecule has 1 fully saturated rings. The van der Waals surface area contributed by atoms with E-state index in [4.69, 9.17) is 4.42 Å². The lowest BCUT2D eigenvalue weighted by molar-refractivity contribution is -0.126. The number of hydrogen-bond acceptors (Lipinski definition) is 6. The van der Waals surface area contributed by atoms with E-state index >= 15 is 0 Å². The molecule has 0 unspecified atom stereocenters. The number of rotatable bonds is 9. The highest BCUT2D eigenvalue weighted by Gasteiger charge is 2.33. The maximum Gasteiger partial charge on any atom is 0.419 e. The number of aromatic nitrogens is 1. The predicted octanol–water partition coefficient (Wildman–Crippen LogP) is 1.38. The SMILES string of the molecule is CCCCN(C)CCNC(=O)[C@@H]1CCCN(S(=O)(=O)c2ccc3c(c2)oc(=O)n3C)C1. The Kier molecular flexibility index (Phi) is 7.55. The molecule has 0 radical (unpaired) electrons. The lowest BCUT2D eigenvalue weighted by atomic mass is 9.99. The van der Waals surface area contributed by atoms with Crippen molar-refractivity contribution in [2.75, 3.05) is 39.8 Å². The number of carbonyl (C=O) groups is 1. The first kappa shape index (κ1) is 23.5. The number of aryl methyl sites for hydroxylation is 1. The average molecular weight is 453 g/mol. The van der Waals surface area contributed by atoms with E-state index in [0.717, 1.165) is 25.9 Å². The Bertz CT molecular complexity index is 1080. The van der Waals surface area contributed by atoms with Gasteiger partial charge in [0.05, 0.1) is 16.3 Å². The highest BCUT2D eigenvalue weighted by atomic mass is 32.2. The van der Waals surface area contributed by atoms with Gasteiger partial charge < -0.3 is 14.6 Å². The summed E-state index contributed by atoms with van der Waals surface area (Å²) >= 11 is 0. The van der Waals surface area contributed by atoms with Crippen LogP contribution in [-0.2, 0) is 21.9 Å². The number of unbranched alkanes of at least 4 members (excludes halogenated alkanes) is 1. The van der Waals surface area contributed by atoms with Gasteiger partial charge >= 0.3 is 5.76 Å². The Balaban J connectivity index is 1.64. The number of oxazole rings is 1. The molecule has 1 amide bonds. The van der Waals surface area contributed by atoms with Gasteiger partial charge in [0.25, 0.3) is 0 Å². The molecule has 0 bridgehead atoms. The number of nitrogens with one attached hydrogen (secondary N) is 1. The van der Waals surface area contributed by atoms with E-state index in [1.807, 2.05) is 7.05 Å². The summed E-state index contributed by atoms with van der Waals surface area (Å²) in [7, 11) is -0.197. The molecule has 9 nitrogen and oxygen atoms in total. The van der Waals surface area contributed by atoms with Crippen LogP contribution in [0.2, 0.25) is 0 Å². The largest absolute Gasteiger partial charge is 0.419 e.